The third-order valence-electron chi connectivity index (χ3n) is 6.66. The van der Waals surface area contributed by atoms with Gasteiger partial charge in [-0.1, -0.05) is 71.8 Å². The van der Waals surface area contributed by atoms with Crippen LogP contribution in [0.5, 0.6) is 0 Å². The molecule has 6 heteroatoms. The van der Waals surface area contributed by atoms with E-state index in [1.54, 1.807) is 0 Å². The summed E-state index contributed by atoms with van der Waals surface area (Å²) in [6.45, 7) is 9.48. The highest BCUT2D eigenvalue weighted by atomic mass is 35.5. The predicted molar refractivity (Wildman–Crippen MR) is 143 cm³/mol. The minimum atomic E-state index is -0.404. The predicted octanol–water partition coefficient (Wildman–Crippen LogP) is 5.62. The summed E-state index contributed by atoms with van der Waals surface area (Å²) in [5, 5.41) is 0.739. The van der Waals surface area contributed by atoms with Crippen molar-refractivity contribution in [2.24, 2.45) is 5.73 Å². The van der Waals surface area contributed by atoms with Crippen LogP contribution in [0.15, 0.2) is 66.7 Å². The topological polar surface area (TPSA) is 49.6 Å². The van der Waals surface area contributed by atoms with E-state index in [1.165, 1.54) is 16.7 Å². The van der Waals surface area contributed by atoms with E-state index >= 15 is 0 Å². The smallest absolute Gasteiger partial charge is 0.239 e. The molecule has 0 saturated carbocycles. The molecule has 1 fully saturated rings. The Morgan fingerprint density at radius 3 is 1.85 bits per heavy atom. The second kappa shape index (κ2) is 11.4. The molecule has 4 rings (SSSR count). The minimum absolute atomic E-state index is 0. The number of primary amides is 1. The van der Waals surface area contributed by atoms with Crippen LogP contribution in [0, 0.1) is 20.8 Å². The number of nitrogens with two attached hydrogens (primary N) is 1. The number of piperazine rings is 1. The van der Waals surface area contributed by atoms with E-state index in [1.807, 2.05) is 18.2 Å². The highest BCUT2D eigenvalue weighted by molar-refractivity contribution is 6.30. The number of carbonyl (C=O) groups excluding carboxylic acids is 1. The maximum absolute atomic E-state index is 12.6. The lowest BCUT2D eigenvalue weighted by Gasteiger charge is -2.42. The Bertz CT molecular complexity index is 1090. The van der Waals surface area contributed by atoms with Gasteiger partial charge >= 0.3 is 0 Å². The van der Waals surface area contributed by atoms with E-state index in [0.717, 1.165) is 47.9 Å². The second-order valence-corrected chi connectivity index (χ2v) is 9.49. The first-order valence-electron chi connectivity index (χ1n) is 11.5. The van der Waals surface area contributed by atoms with E-state index in [0.29, 0.717) is 0 Å². The molecule has 2 N–H and O–H groups in total. The second-order valence-electron chi connectivity index (χ2n) is 9.05. The van der Waals surface area contributed by atoms with E-state index in [4.69, 9.17) is 17.3 Å². The highest BCUT2D eigenvalue weighted by Gasteiger charge is 2.33. The van der Waals surface area contributed by atoms with Gasteiger partial charge in [0.05, 0.1) is 6.04 Å². The van der Waals surface area contributed by atoms with Crippen LogP contribution in [-0.4, -0.2) is 41.9 Å². The summed E-state index contributed by atoms with van der Waals surface area (Å²) < 4.78 is 0. The summed E-state index contributed by atoms with van der Waals surface area (Å²) in [7, 11) is 0. The third kappa shape index (κ3) is 5.64. The molecule has 0 bridgehead atoms. The zero-order valence-corrected chi connectivity index (χ0v) is 21.6. The lowest BCUT2D eigenvalue weighted by atomic mass is 9.92. The number of amides is 1. The fourth-order valence-corrected chi connectivity index (χ4v) is 5.40. The van der Waals surface area contributed by atoms with Crippen LogP contribution in [0.25, 0.3) is 0 Å². The molecule has 0 aromatic heterocycles. The van der Waals surface area contributed by atoms with Crippen LogP contribution in [0.1, 0.15) is 45.5 Å². The number of aryl methyl sites for hydroxylation is 3. The molecule has 1 aliphatic heterocycles. The number of hydrogen-bond donors (Lipinski definition) is 1. The molecule has 0 radical (unpaired) electrons. The fourth-order valence-electron chi connectivity index (χ4n) is 5.28. The lowest BCUT2D eigenvalue weighted by molar-refractivity contribution is -0.124. The maximum atomic E-state index is 12.6. The van der Waals surface area contributed by atoms with Gasteiger partial charge in [0.15, 0.2) is 0 Å². The first-order chi connectivity index (χ1) is 15.8. The van der Waals surface area contributed by atoms with Crippen LogP contribution >= 0.6 is 24.0 Å². The normalized spacial score (nSPS) is 16.5. The van der Waals surface area contributed by atoms with Crippen molar-refractivity contribution in [1.82, 2.24) is 9.80 Å². The number of nitrogens with zero attached hydrogens (tertiary/aromatic N) is 2. The Hall–Kier alpha value is -2.37. The molecule has 3 aromatic rings. The van der Waals surface area contributed by atoms with Crippen molar-refractivity contribution in [3.63, 3.8) is 0 Å². The molecule has 1 amide bonds. The zero-order chi connectivity index (χ0) is 23.5. The number of halogens is 2. The Morgan fingerprint density at radius 1 is 0.824 bits per heavy atom. The quantitative estimate of drug-likeness (QED) is 0.480. The van der Waals surface area contributed by atoms with Crippen LogP contribution in [-0.2, 0) is 4.79 Å². The van der Waals surface area contributed by atoms with E-state index < -0.39 is 6.04 Å². The summed E-state index contributed by atoms with van der Waals surface area (Å²) in [4.78, 5) is 17.4. The van der Waals surface area contributed by atoms with Gasteiger partial charge in [-0.3, -0.25) is 14.6 Å². The monoisotopic (exact) mass is 497 g/mol. The van der Waals surface area contributed by atoms with Crippen molar-refractivity contribution in [1.29, 1.82) is 0 Å². The Kier molecular flexibility index (Phi) is 8.78. The van der Waals surface area contributed by atoms with Crippen molar-refractivity contribution in [3.05, 3.63) is 105 Å². The molecule has 180 valence electrons. The number of hydrogen-bond acceptors (Lipinski definition) is 3. The van der Waals surface area contributed by atoms with Crippen LogP contribution in [0.4, 0.5) is 0 Å². The molecule has 1 aliphatic rings. The third-order valence-corrected chi connectivity index (χ3v) is 6.91. The first-order valence-corrected chi connectivity index (χ1v) is 11.9. The number of rotatable bonds is 6. The SMILES string of the molecule is Cc1cc(C)c(C(C(N)=O)N2CCN(C(c3ccccc3)c3ccc(Cl)cc3)CC2)c(C)c1.Cl. The van der Waals surface area contributed by atoms with E-state index in [2.05, 4.69) is 79.1 Å². The molecule has 0 aliphatic carbocycles. The first kappa shape index (κ1) is 26.2. The molecule has 1 saturated heterocycles. The molecular weight excluding hydrogens is 465 g/mol. The van der Waals surface area contributed by atoms with Crippen molar-refractivity contribution < 1.29 is 4.79 Å². The van der Waals surface area contributed by atoms with Crippen molar-refractivity contribution in [2.45, 2.75) is 32.9 Å². The Labute approximate surface area is 214 Å². The summed E-state index contributed by atoms with van der Waals surface area (Å²) in [6.07, 6.45) is 0. The molecule has 1 heterocycles. The molecule has 3 aromatic carbocycles. The van der Waals surface area contributed by atoms with Crippen LogP contribution in [0.3, 0.4) is 0 Å². The fraction of sp³-hybridized carbons (Fsp3) is 0.321. The average molecular weight is 498 g/mol. The summed E-state index contributed by atoms with van der Waals surface area (Å²) >= 11 is 6.16. The molecular formula is C28H33Cl2N3O. The van der Waals surface area contributed by atoms with Gasteiger partial charge < -0.3 is 5.73 Å². The maximum Gasteiger partial charge on any atom is 0.239 e. The van der Waals surface area contributed by atoms with Crippen molar-refractivity contribution >= 4 is 29.9 Å². The van der Waals surface area contributed by atoms with Crippen LogP contribution in [0.2, 0.25) is 5.02 Å². The van der Waals surface area contributed by atoms with Crippen molar-refractivity contribution in [3.8, 4) is 0 Å². The number of carbonyl (C=O) groups is 1. The summed E-state index contributed by atoms with van der Waals surface area (Å²) in [6, 6.07) is 22.7. The zero-order valence-electron chi connectivity index (χ0n) is 20.0. The van der Waals surface area contributed by atoms with Gasteiger partial charge in [0.25, 0.3) is 0 Å². The molecule has 2 unspecified atom stereocenters. The van der Waals surface area contributed by atoms with Gasteiger partial charge in [-0.15, -0.1) is 12.4 Å². The number of benzene rings is 3. The summed E-state index contributed by atoms with van der Waals surface area (Å²) in [5.74, 6) is -0.282. The molecule has 0 spiro atoms. The average Bonchev–Trinajstić information content (AvgIpc) is 2.79. The molecule has 34 heavy (non-hydrogen) atoms. The Balaban J connectivity index is 0.00000324. The van der Waals surface area contributed by atoms with Gasteiger partial charge in [0.2, 0.25) is 5.91 Å². The minimum Gasteiger partial charge on any atom is -0.368 e. The molecule has 4 nitrogen and oxygen atoms in total. The lowest BCUT2D eigenvalue weighted by Crippen LogP contribution is -2.51. The van der Waals surface area contributed by atoms with Crippen molar-refractivity contribution in [2.75, 3.05) is 26.2 Å². The molecule has 2 atom stereocenters. The van der Waals surface area contributed by atoms with Gasteiger partial charge in [0, 0.05) is 31.2 Å². The standard InChI is InChI=1S/C28H32ClN3O.ClH/c1-19-17-20(2)25(21(3)18-19)27(28(30)33)32-15-13-31(14-16-32)26(22-7-5-4-6-8-22)23-9-11-24(29)12-10-23;/h4-12,17-18,26-27H,13-16H2,1-3H3,(H2,30,33);1H. The van der Waals surface area contributed by atoms with Gasteiger partial charge in [-0.2, -0.15) is 0 Å². The largest absolute Gasteiger partial charge is 0.368 e. The summed E-state index contributed by atoms with van der Waals surface area (Å²) in [5.41, 5.74) is 12.9. The van der Waals surface area contributed by atoms with E-state index in [-0.39, 0.29) is 24.4 Å². The Morgan fingerprint density at radius 2 is 1.32 bits per heavy atom. The van der Waals surface area contributed by atoms with Crippen LogP contribution < -0.4 is 5.73 Å². The van der Waals surface area contributed by atoms with Gasteiger partial charge in [-0.25, -0.2) is 0 Å². The van der Waals surface area contributed by atoms with Gasteiger partial charge in [-0.05, 0) is 60.7 Å². The van der Waals surface area contributed by atoms with Gasteiger partial charge in [0.1, 0.15) is 6.04 Å². The highest BCUT2D eigenvalue weighted by Crippen LogP contribution is 2.33. The van der Waals surface area contributed by atoms with E-state index in [9.17, 15) is 4.79 Å².